The van der Waals surface area contributed by atoms with Gasteiger partial charge in [-0.05, 0) is 18.8 Å². The summed E-state index contributed by atoms with van der Waals surface area (Å²) in [7, 11) is 0. The lowest BCUT2D eigenvalue weighted by molar-refractivity contribution is -0.147. The minimum Gasteiger partial charge on any atom is -0.353 e. The Balaban J connectivity index is 2.10. The van der Waals surface area contributed by atoms with E-state index in [0.717, 1.165) is 25.7 Å². The quantitative estimate of drug-likeness (QED) is 0.785. The molecule has 96 valence electrons. The highest BCUT2D eigenvalue weighted by molar-refractivity contribution is 5.89. The molecule has 1 atom stereocenters. The molecule has 17 heavy (non-hydrogen) atoms. The summed E-state index contributed by atoms with van der Waals surface area (Å²) in [5.74, 6) is 0.566. The Bertz CT molecular complexity index is 309. The molecule has 1 aliphatic heterocycles. The molecule has 4 nitrogen and oxygen atoms in total. The first-order valence-electron chi connectivity index (χ1n) is 6.69. The van der Waals surface area contributed by atoms with E-state index in [-0.39, 0.29) is 29.7 Å². The van der Waals surface area contributed by atoms with Gasteiger partial charge >= 0.3 is 0 Å². The molecule has 2 aliphatic rings. The summed E-state index contributed by atoms with van der Waals surface area (Å²) in [5, 5.41) is 2.86. The third-order valence-corrected chi connectivity index (χ3v) is 3.88. The molecule has 1 saturated carbocycles. The number of hydrogen-bond acceptors (Lipinski definition) is 2. The van der Waals surface area contributed by atoms with Crippen molar-refractivity contribution in [3.8, 4) is 0 Å². The van der Waals surface area contributed by atoms with E-state index >= 15 is 0 Å². The van der Waals surface area contributed by atoms with Crippen LogP contribution >= 0.6 is 0 Å². The van der Waals surface area contributed by atoms with Crippen LogP contribution in [0.5, 0.6) is 0 Å². The second kappa shape index (κ2) is 5.07. The Hall–Kier alpha value is -1.06. The molecule has 0 spiro atoms. The van der Waals surface area contributed by atoms with Crippen LogP contribution < -0.4 is 5.32 Å². The summed E-state index contributed by atoms with van der Waals surface area (Å²) in [6.07, 6.45) is 4.31. The van der Waals surface area contributed by atoms with Crippen LogP contribution in [-0.4, -0.2) is 35.8 Å². The van der Waals surface area contributed by atoms with E-state index in [9.17, 15) is 9.59 Å². The Morgan fingerprint density at radius 3 is 2.59 bits per heavy atom. The van der Waals surface area contributed by atoms with Crippen molar-refractivity contribution >= 4 is 11.8 Å². The fourth-order valence-corrected chi connectivity index (χ4v) is 3.00. The number of nitrogens with zero attached hydrogens (tertiary/aromatic N) is 1. The van der Waals surface area contributed by atoms with E-state index < -0.39 is 0 Å². The first kappa shape index (κ1) is 12.4. The van der Waals surface area contributed by atoms with Gasteiger partial charge < -0.3 is 10.2 Å². The predicted octanol–water partition coefficient (Wildman–Crippen LogP) is 1.16. The molecule has 0 radical (unpaired) electrons. The van der Waals surface area contributed by atoms with E-state index in [2.05, 4.69) is 5.32 Å². The third kappa shape index (κ3) is 2.45. The highest BCUT2D eigenvalue weighted by Crippen LogP contribution is 2.28. The van der Waals surface area contributed by atoms with Crippen molar-refractivity contribution in [3.05, 3.63) is 0 Å². The molecule has 1 heterocycles. The summed E-state index contributed by atoms with van der Waals surface area (Å²) in [6, 6.07) is -0.267. The van der Waals surface area contributed by atoms with E-state index in [1.54, 1.807) is 0 Å². The zero-order valence-electron chi connectivity index (χ0n) is 10.7. The van der Waals surface area contributed by atoms with Crippen molar-refractivity contribution in [1.82, 2.24) is 10.2 Å². The summed E-state index contributed by atoms with van der Waals surface area (Å²) >= 11 is 0. The summed E-state index contributed by atoms with van der Waals surface area (Å²) < 4.78 is 0. The number of rotatable bonds is 2. The van der Waals surface area contributed by atoms with Crippen molar-refractivity contribution in [3.63, 3.8) is 0 Å². The molecule has 1 unspecified atom stereocenters. The molecule has 0 aromatic heterocycles. The second-order valence-electron chi connectivity index (χ2n) is 5.49. The van der Waals surface area contributed by atoms with Gasteiger partial charge in [-0.2, -0.15) is 0 Å². The van der Waals surface area contributed by atoms with Gasteiger partial charge in [0.05, 0.1) is 0 Å². The van der Waals surface area contributed by atoms with Crippen LogP contribution in [0.1, 0.15) is 39.5 Å². The number of carbonyl (C=O) groups is 2. The summed E-state index contributed by atoms with van der Waals surface area (Å²) in [5.41, 5.74) is 0. The number of hydrogen-bond donors (Lipinski definition) is 1. The fourth-order valence-electron chi connectivity index (χ4n) is 3.00. The number of amides is 2. The van der Waals surface area contributed by atoms with Crippen molar-refractivity contribution in [1.29, 1.82) is 0 Å². The van der Waals surface area contributed by atoms with Crippen LogP contribution in [0.4, 0.5) is 0 Å². The van der Waals surface area contributed by atoms with Crippen LogP contribution in [0.2, 0.25) is 0 Å². The molecular weight excluding hydrogens is 216 g/mol. The maximum atomic E-state index is 12.4. The van der Waals surface area contributed by atoms with Gasteiger partial charge in [0.2, 0.25) is 11.8 Å². The van der Waals surface area contributed by atoms with E-state index in [1.807, 2.05) is 18.7 Å². The number of carbonyl (C=O) groups excluding carboxylic acids is 2. The maximum absolute atomic E-state index is 12.4. The zero-order valence-corrected chi connectivity index (χ0v) is 10.7. The van der Waals surface area contributed by atoms with E-state index in [4.69, 9.17) is 0 Å². The second-order valence-corrected chi connectivity index (χ2v) is 5.49. The van der Waals surface area contributed by atoms with Crippen molar-refractivity contribution in [2.45, 2.75) is 45.6 Å². The molecule has 4 heteroatoms. The normalized spacial score (nSPS) is 26.4. The molecule has 1 saturated heterocycles. The summed E-state index contributed by atoms with van der Waals surface area (Å²) in [4.78, 5) is 26.1. The molecular formula is C13H22N2O2. The smallest absolute Gasteiger partial charge is 0.243 e. The lowest BCUT2D eigenvalue weighted by Crippen LogP contribution is -2.60. The maximum Gasteiger partial charge on any atom is 0.243 e. The fraction of sp³-hybridized carbons (Fsp3) is 0.846. The van der Waals surface area contributed by atoms with Crippen molar-refractivity contribution < 1.29 is 9.59 Å². The van der Waals surface area contributed by atoms with Gasteiger partial charge in [-0.15, -0.1) is 0 Å². The lowest BCUT2D eigenvalue weighted by Gasteiger charge is -2.38. The Labute approximate surface area is 103 Å². The van der Waals surface area contributed by atoms with Crippen LogP contribution in [0.25, 0.3) is 0 Å². The van der Waals surface area contributed by atoms with Gasteiger partial charge in [0.1, 0.15) is 6.04 Å². The predicted molar refractivity (Wildman–Crippen MR) is 65.3 cm³/mol. The average molecular weight is 238 g/mol. The Morgan fingerprint density at radius 2 is 2.00 bits per heavy atom. The molecule has 2 rings (SSSR count). The third-order valence-electron chi connectivity index (χ3n) is 3.88. The molecule has 0 bridgehead atoms. The van der Waals surface area contributed by atoms with Crippen molar-refractivity contribution in [2.24, 2.45) is 11.8 Å². The molecule has 1 N–H and O–H groups in total. The van der Waals surface area contributed by atoms with Gasteiger partial charge in [-0.25, -0.2) is 0 Å². The SMILES string of the molecule is CC(C)C1C(=O)NCCN1C(=O)C1CCCC1. The van der Waals surface area contributed by atoms with Crippen LogP contribution in [-0.2, 0) is 9.59 Å². The van der Waals surface area contributed by atoms with E-state index in [1.165, 1.54) is 0 Å². The van der Waals surface area contributed by atoms with Crippen molar-refractivity contribution in [2.75, 3.05) is 13.1 Å². The number of nitrogens with one attached hydrogen (secondary N) is 1. The number of piperazine rings is 1. The van der Waals surface area contributed by atoms with Gasteiger partial charge in [0.15, 0.2) is 0 Å². The molecule has 1 aliphatic carbocycles. The first-order chi connectivity index (χ1) is 8.11. The standard InChI is InChI=1S/C13H22N2O2/c1-9(2)11-12(16)14-7-8-15(11)13(17)10-5-3-4-6-10/h9-11H,3-8H2,1-2H3,(H,14,16). The van der Waals surface area contributed by atoms with Crippen LogP contribution in [0.15, 0.2) is 0 Å². The van der Waals surface area contributed by atoms with E-state index in [0.29, 0.717) is 13.1 Å². The monoisotopic (exact) mass is 238 g/mol. The largest absolute Gasteiger partial charge is 0.353 e. The Kier molecular flexibility index (Phi) is 3.69. The van der Waals surface area contributed by atoms with Crippen LogP contribution in [0.3, 0.4) is 0 Å². The first-order valence-corrected chi connectivity index (χ1v) is 6.69. The molecule has 0 aromatic rings. The molecule has 2 fully saturated rings. The average Bonchev–Trinajstić information content (AvgIpc) is 2.80. The van der Waals surface area contributed by atoms with Gasteiger partial charge in [-0.3, -0.25) is 9.59 Å². The van der Waals surface area contributed by atoms with Gasteiger partial charge in [-0.1, -0.05) is 26.7 Å². The van der Waals surface area contributed by atoms with Gasteiger partial charge in [0, 0.05) is 19.0 Å². The highest BCUT2D eigenvalue weighted by atomic mass is 16.2. The minimum absolute atomic E-state index is 0.0117. The Morgan fingerprint density at radius 1 is 1.35 bits per heavy atom. The highest BCUT2D eigenvalue weighted by Gasteiger charge is 2.38. The minimum atomic E-state index is -0.267. The molecule has 0 aromatic carbocycles. The topological polar surface area (TPSA) is 49.4 Å². The summed E-state index contributed by atoms with van der Waals surface area (Å²) in [6.45, 7) is 5.28. The van der Waals surface area contributed by atoms with Crippen LogP contribution in [0, 0.1) is 11.8 Å². The lowest BCUT2D eigenvalue weighted by atomic mass is 9.97. The van der Waals surface area contributed by atoms with Gasteiger partial charge in [0.25, 0.3) is 0 Å². The molecule has 2 amide bonds. The zero-order chi connectivity index (χ0) is 12.4.